The van der Waals surface area contributed by atoms with Crippen molar-refractivity contribution in [2.24, 2.45) is 0 Å². The van der Waals surface area contributed by atoms with Crippen molar-refractivity contribution < 1.29 is 4.74 Å². The van der Waals surface area contributed by atoms with E-state index >= 15 is 0 Å². The Kier molecular flexibility index (Phi) is 3.63. The fourth-order valence-electron chi connectivity index (χ4n) is 2.03. The van der Waals surface area contributed by atoms with Gasteiger partial charge in [0, 0.05) is 18.4 Å². The van der Waals surface area contributed by atoms with Crippen molar-refractivity contribution in [3.05, 3.63) is 22.3 Å². The van der Waals surface area contributed by atoms with Gasteiger partial charge >= 0.3 is 0 Å². The third-order valence-corrected chi connectivity index (χ3v) is 4.35. The van der Waals surface area contributed by atoms with Crippen molar-refractivity contribution in [2.75, 3.05) is 12.3 Å². The summed E-state index contributed by atoms with van der Waals surface area (Å²) in [6, 6.07) is 1.72. The molecule has 1 saturated heterocycles. The molecule has 19 heavy (non-hydrogen) atoms. The summed E-state index contributed by atoms with van der Waals surface area (Å²) in [5.41, 5.74) is 6.45. The van der Waals surface area contributed by atoms with Crippen molar-refractivity contribution in [3.63, 3.8) is 0 Å². The maximum absolute atomic E-state index is 6.12. The molecule has 3 heterocycles. The van der Waals surface area contributed by atoms with Gasteiger partial charge in [0.1, 0.15) is 21.9 Å². The summed E-state index contributed by atoms with van der Waals surface area (Å²) >= 11 is 7.62. The minimum absolute atomic E-state index is 0.0676. The van der Waals surface area contributed by atoms with Gasteiger partial charge in [-0.2, -0.15) is 0 Å². The average molecular weight is 297 g/mol. The summed E-state index contributed by atoms with van der Waals surface area (Å²) in [4.78, 5) is 3.94. The summed E-state index contributed by atoms with van der Waals surface area (Å²) in [7, 11) is 0. The Morgan fingerprint density at radius 3 is 3.05 bits per heavy atom. The average Bonchev–Trinajstić information content (AvgIpc) is 2.92. The molecule has 7 heteroatoms. The fraction of sp³-hybridized carbons (Fsp3) is 0.417. The molecule has 0 amide bonds. The number of aromatic nitrogens is 3. The van der Waals surface area contributed by atoms with E-state index in [0.29, 0.717) is 10.8 Å². The maximum atomic E-state index is 6.12. The highest BCUT2D eigenvalue weighted by molar-refractivity contribution is 7.14. The minimum atomic E-state index is 0.0676. The van der Waals surface area contributed by atoms with Crippen LogP contribution >= 0.6 is 22.9 Å². The normalized spacial score (nSPS) is 19.5. The van der Waals surface area contributed by atoms with Crippen LogP contribution in [0.15, 0.2) is 12.3 Å². The van der Waals surface area contributed by atoms with Crippen LogP contribution in [0.1, 0.15) is 30.4 Å². The highest BCUT2D eigenvalue weighted by Crippen LogP contribution is 2.35. The molecule has 2 N–H and O–H groups in total. The summed E-state index contributed by atoms with van der Waals surface area (Å²) in [5, 5.41) is 10.6. The number of hydrogen-bond donors (Lipinski definition) is 1. The van der Waals surface area contributed by atoms with Gasteiger partial charge in [0.25, 0.3) is 0 Å². The smallest absolute Gasteiger partial charge is 0.149 e. The molecule has 1 atom stereocenters. The summed E-state index contributed by atoms with van der Waals surface area (Å²) in [6.45, 7) is 0.794. The van der Waals surface area contributed by atoms with Crippen LogP contribution in [0.4, 0.5) is 5.82 Å². The van der Waals surface area contributed by atoms with Crippen LogP contribution < -0.4 is 5.73 Å². The van der Waals surface area contributed by atoms with Crippen molar-refractivity contribution in [1.82, 2.24) is 15.2 Å². The first-order valence-corrected chi connectivity index (χ1v) is 7.30. The van der Waals surface area contributed by atoms with E-state index in [9.17, 15) is 0 Å². The summed E-state index contributed by atoms with van der Waals surface area (Å²) < 4.78 is 5.71. The van der Waals surface area contributed by atoms with Gasteiger partial charge < -0.3 is 10.5 Å². The molecule has 100 valence electrons. The number of anilines is 1. The van der Waals surface area contributed by atoms with Crippen molar-refractivity contribution >= 4 is 28.8 Å². The van der Waals surface area contributed by atoms with Crippen LogP contribution in [0.3, 0.4) is 0 Å². The molecule has 1 aliphatic rings. The second-order valence-corrected chi connectivity index (χ2v) is 5.81. The molecule has 3 rings (SSSR count). The number of hydrogen-bond acceptors (Lipinski definition) is 6. The predicted molar refractivity (Wildman–Crippen MR) is 75.1 cm³/mol. The number of pyridine rings is 1. The second kappa shape index (κ2) is 5.40. The zero-order valence-corrected chi connectivity index (χ0v) is 11.7. The van der Waals surface area contributed by atoms with Crippen LogP contribution in [-0.2, 0) is 4.74 Å². The molecule has 0 aromatic carbocycles. The van der Waals surface area contributed by atoms with Crippen LogP contribution in [0.2, 0.25) is 5.02 Å². The number of halogens is 1. The molecular weight excluding hydrogens is 284 g/mol. The first-order valence-electron chi connectivity index (χ1n) is 6.10. The summed E-state index contributed by atoms with van der Waals surface area (Å²) in [6.07, 6.45) is 4.89. The van der Waals surface area contributed by atoms with Crippen LogP contribution in [-0.4, -0.2) is 21.8 Å². The molecule has 2 aromatic rings. The molecule has 0 bridgehead atoms. The second-order valence-electron chi connectivity index (χ2n) is 4.39. The molecular formula is C12H13ClN4OS. The topological polar surface area (TPSA) is 73.9 Å². The van der Waals surface area contributed by atoms with E-state index in [1.807, 2.05) is 0 Å². The molecule has 2 aromatic heterocycles. The zero-order valence-electron chi connectivity index (χ0n) is 10.2. The highest BCUT2D eigenvalue weighted by atomic mass is 35.5. The molecule has 0 aliphatic carbocycles. The maximum Gasteiger partial charge on any atom is 0.149 e. The molecule has 0 radical (unpaired) electrons. The molecule has 5 nitrogen and oxygen atoms in total. The van der Waals surface area contributed by atoms with Gasteiger partial charge in [0.05, 0.1) is 5.02 Å². The van der Waals surface area contributed by atoms with Gasteiger partial charge in [0.2, 0.25) is 0 Å². The SMILES string of the molecule is Nc1cc(-c2nnc(C3CCCCO3)s2)c(Cl)cn1. The van der Waals surface area contributed by atoms with Crippen LogP contribution in [0.5, 0.6) is 0 Å². The highest BCUT2D eigenvalue weighted by Gasteiger charge is 2.21. The van der Waals surface area contributed by atoms with E-state index in [1.165, 1.54) is 24.0 Å². The van der Waals surface area contributed by atoms with Gasteiger partial charge in [-0.3, -0.25) is 0 Å². The van der Waals surface area contributed by atoms with E-state index < -0.39 is 0 Å². The lowest BCUT2D eigenvalue weighted by Crippen LogP contribution is -2.11. The minimum Gasteiger partial charge on any atom is -0.384 e. The van der Waals surface area contributed by atoms with Crippen molar-refractivity contribution in [2.45, 2.75) is 25.4 Å². The van der Waals surface area contributed by atoms with Gasteiger partial charge in [-0.25, -0.2) is 4.98 Å². The van der Waals surface area contributed by atoms with E-state index in [4.69, 9.17) is 22.1 Å². The largest absolute Gasteiger partial charge is 0.384 e. The van der Waals surface area contributed by atoms with Crippen molar-refractivity contribution in [1.29, 1.82) is 0 Å². The lowest BCUT2D eigenvalue weighted by molar-refractivity contribution is 0.0144. The Labute approximate surface area is 119 Å². The van der Waals surface area contributed by atoms with Crippen molar-refractivity contribution in [3.8, 4) is 10.6 Å². The zero-order chi connectivity index (χ0) is 13.2. The van der Waals surface area contributed by atoms with Gasteiger partial charge in [0.15, 0.2) is 0 Å². The lowest BCUT2D eigenvalue weighted by atomic mass is 10.1. The van der Waals surface area contributed by atoms with E-state index in [0.717, 1.165) is 35.0 Å². The Hall–Kier alpha value is -1.24. The first kappa shape index (κ1) is 12.8. The summed E-state index contributed by atoms with van der Waals surface area (Å²) in [5.74, 6) is 0.421. The van der Waals surface area contributed by atoms with Crippen LogP contribution in [0, 0.1) is 0 Å². The monoisotopic (exact) mass is 296 g/mol. The standard InChI is InChI=1S/C12H13ClN4OS/c13-8-6-15-10(14)5-7(8)11-16-17-12(19-11)9-3-1-2-4-18-9/h5-6,9H,1-4H2,(H2,14,15). The van der Waals surface area contributed by atoms with E-state index in [2.05, 4.69) is 15.2 Å². The Morgan fingerprint density at radius 1 is 1.37 bits per heavy atom. The van der Waals surface area contributed by atoms with Crippen LogP contribution in [0.25, 0.3) is 10.6 Å². The molecule has 1 fully saturated rings. The number of ether oxygens (including phenoxy) is 1. The van der Waals surface area contributed by atoms with E-state index in [-0.39, 0.29) is 6.10 Å². The molecule has 0 saturated carbocycles. The quantitative estimate of drug-likeness (QED) is 0.922. The fourth-order valence-corrected chi connectivity index (χ4v) is 3.23. The van der Waals surface area contributed by atoms with E-state index in [1.54, 1.807) is 6.07 Å². The predicted octanol–water partition coefficient (Wildman–Crippen LogP) is 3.08. The molecule has 0 spiro atoms. The number of nitrogens with two attached hydrogens (primary N) is 1. The number of nitrogens with zero attached hydrogens (tertiary/aromatic N) is 3. The third-order valence-electron chi connectivity index (χ3n) is 3.00. The Balaban J connectivity index is 1.89. The van der Waals surface area contributed by atoms with Gasteiger partial charge in [-0.1, -0.05) is 22.9 Å². The van der Waals surface area contributed by atoms with Gasteiger partial charge in [-0.05, 0) is 25.3 Å². The third kappa shape index (κ3) is 2.70. The number of nitrogen functional groups attached to an aromatic ring is 1. The molecule has 1 unspecified atom stereocenters. The lowest BCUT2D eigenvalue weighted by Gasteiger charge is -2.19. The Bertz CT molecular complexity index is 583. The van der Waals surface area contributed by atoms with Gasteiger partial charge in [-0.15, -0.1) is 10.2 Å². The number of rotatable bonds is 2. The first-order chi connectivity index (χ1) is 9.24. The Morgan fingerprint density at radius 2 is 2.26 bits per heavy atom. The molecule has 1 aliphatic heterocycles.